The van der Waals surface area contributed by atoms with Gasteiger partial charge in [0.25, 0.3) is 5.91 Å². The van der Waals surface area contributed by atoms with Crippen LogP contribution in [0.3, 0.4) is 0 Å². The maximum absolute atomic E-state index is 12.3. The average Bonchev–Trinajstić information content (AvgIpc) is 2.96. The minimum atomic E-state index is -0.642. The number of nitrogens with one attached hydrogen (secondary N) is 2. The molecule has 2 aromatic rings. The van der Waals surface area contributed by atoms with Gasteiger partial charge < -0.3 is 5.32 Å². The van der Waals surface area contributed by atoms with E-state index in [9.17, 15) is 9.59 Å². The van der Waals surface area contributed by atoms with E-state index in [1.54, 1.807) is 12.1 Å². The number of rotatable bonds is 5. The Bertz CT molecular complexity index is 655. The molecule has 2 rings (SSSR count). The van der Waals surface area contributed by atoms with Crippen LogP contribution >= 0.6 is 11.3 Å². The zero-order valence-electron chi connectivity index (χ0n) is 12.7. The molecule has 1 unspecified atom stereocenters. The van der Waals surface area contributed by atoms with Gasteiger partial charge in [0.15, 0.2) is 0 Å². The summed E-state index contributed by atoms with van der Waals surface area (Å²) in [6.45, 7) is 5.67. The van der Waals surface area contributed by atoms with Gasteiger partial charge in [0.1, 0.15) is 11.6 Å². The van der Waals surface area contributed by atoms with Crippen LogP contribution < -0.4 is 10.6 Å². The van der Waals surface area contributed by atoms with E-state index in [1.807, 2.05) is 32.9 Å². The Hall–Kier alpha value is -2.28. The normalized spacial score (nSPS) is 12.0. The van der Waals surface area contributed by atoms with Gasteiger partial charge in [0.05, 0.1) is 0 Å². The molecular weight excluding hydrogens is 300 g/mol. The van der Waals surface area contributed by atoms with Gasteiger partial charge in [0, 0.05) is 5.56 Å². The molecule has 0 saturated heterocycles. The van der Waals surface area contributed by atoms with Crippen LogP contribution in [-0.4, -0.2) is 28.1 Å². The second-order valence-corrected chi connectivity index (χ2v) is 6.13. The summed E-state index contributed by atoms with van der Waals surface area (Å²) in [5, 5.41) is 13.3. The van der Waals surface area contributed by atoms with Crippen molar-refractivity contribution in [3.05, 3.63) is 40.9 Å². The van der Waals surface area contributed by atoms with Gasteiger partial charge in [0.2, 0.25) is 11.0 Å². The quantitative estimate of drug-likeness (QED) is 0.885. The summed E-state index contributed by atoms with van der Waals surface area (Å²) in [6, 6.07) is 6.60. The van der Waals surface area contributed by atoms with Crippen LogP contribution in [-0.2, 0) is 4.79 Å². The van der Waals surface area contributed by atoms with Gasteiger partial charge in [-0.25, -0.2) is 0 Å². The van der Waals surface area contributed by atoms with E-state index in [1.165, 1.54) is 16.8 Å². The number of anilines is 1. The van der Waals surface area contributed by atoms with Crippen molar-refractivity contribution in [3.63, 3.8) is 0 Å². The lowest BCUT2D eigenvalue weighted by molar-refractivity contribution is -0.118. The highest BCUT2D eigenvalue weighted by atomic mass is 32.1. The van der Waals surface area contributed by atoms with Crippen molar-refractivity contribution in [2.75, 3.05) is 5.32 Å². The van der Waals surface area contributed by atoms with Gasteiger partial charge in [-0.3, -0.25) is 14.9 Å². The number of benzene rings is 1. The lowest BCUT2D eigenvalue weighted by Crippen LogP contribution is -2.47. The van der Waals surface area contributed by atoms with Crippen molar-refractivity contribution >= 4 is 28.3 Å². The second-order valence-electron chi connectivity index (χ2n) is 5.30. The number of aromatic nitrogens is 2. The molecule has 22 heavy (non-hydrogen) atoms. The molecule has 0 saturated carbocycles. The Morgan fingerprint density at radius 2 is 2.05 bits per heavy atom. The Labute approximate surface area is 133 Å². The highest BCUT2D eigenvalue weighted by Crippen LogP contribution is 2.12. The first kappa shape index (κ1) is 16.1. The van der Waals surface area contributed by atoms with Crippen LogP contribution in [0.1, 0.15) is 29.8 Å². The van der Waals surface area contributed by atoms with Crippen LogP contribution in [0.5, 0.6) is 0 Å². The van der Waals surface area contributed by atoms with Crippen molar-refractivity contribution in [3.8, 4) is 0 Å². The fraction of sp³-hybridized carbons (Fsp3) is 0.333. The Kier molecular flexibility index (Phi) is 5.21. The van der Waals surface area contributed by atoms with E-state index >= 15 is 0 Å². The molecule has 1 heterocycles. The summed E-state index contributed by atoms with van der Waals surface area (Å²) in [4.78, 5) is 24.6. The number of carbonyl (C=O) groups excluding carboxylic acids is 2. The summed E-state index contributed by atoms with van der Waals surface area (Å²) in [5.74, 6) is -0.621. The molecule has 7 heteroatoms. The van der Waals surface area contributed by atoms with Gasteiger partial charge in [-0.2, -0.15) is 0 Å². The third-order valence-corrected chi connectivity index (χ3v) is 3.71. The van der Waals surface area contributed by atoms with Crippen LogP contribution in [0, 0.1) is 12.8 Å². The molecule has 0 bridgehead atoms. The Morgan fingerprint density at radius 3 is 2.64 bits per heavy atom. The Balaban J connectivity index is 2.08. The summed E-state index contributed by atoms with van der Waals surface area (Å²) >= 11 is 1.23. The molecule has 0 spiro atoms. The molecule has 116 valence electrons. The molecule has 1 aromatic heterocycles. The molecule has 1 atom stereocenters. The van der Waals surface area contributed by atoms with Crippen molar-refractivity contribution in [2.24, 2.45) is 5.92 Å². The van der Waals surface area contributed by atoms with Crippen molar-refractivity contribution in [1.82, 2.24) is 15.5 Å². The summed E-state index contributed by atoms with van der Waals surface area (Å²) in [7, 11) is 0. The first-order valence-electron chi connectivity index (χ1n) is 6.92. The average molecular weight is 318 g/mol. The highest BCUT2D eigenvalue weighted by Gasteiger charge is 2.25. The highest BCUT2D eigenvalue weighted by molar-refractivity contribution is 7.13. The minimum Gasteiger partial charge on any atom is -0.340 e. The first-order valence-corrected chi connectivity index (χ1v) is 7.80. The van der Waals surface area contributed by atoms with Crippen LogP contribution in [0.15, 0.2) is 29.8 Å². The van der Waals surface area contributed by atoms with Gasteiger partial charge in [-0.05, 0) is 25.0 Å². The lowest BCUT2D eigenvalue weighted by Gasteiger charge is -2.21. The molecule has 0 radical (unpaired) electrons. The fourth-order valence-corrected chi connectivity index (χ4v) is 2.40. The number of carbonyl (C=O) groups is 2. The summed E-state index contributed by atoms with van der Waals surface area (Å²) < 4.78 is 0. The van der Waals surface area contributed by atoms with Gasteiger partial charge >= 0.3 is 0 Å². The van der Waals surface area contributed by atoms with Crippen LogP contribution in [0.4, 0.5) is 5.13 Å². The molecule has 0 aliphatic rings. The van der Waals surface area contributed by atoms with E-state index in [2.05, 4.69) is 20.8 Å². The molecule has 6 nitrogen and oxygen atoms in total. The largest absolute Gasteiger partial charge is 0.340 e. The van der Waals surface area contributed by atoms with Crippen molar-refractivity contribution in [2.45, 2.75) is 26.8 Å². The maximum atomic E-state index is 12.3. The predicted molar refractivity (Wildman–Crippen MR) is 85.8 cm³/mol. The van der Waals surface area contributed by atoms with E-state index in [4.69, 9.17) is 0 Å². The molecule has 2 amide bonds. The van der Waals surface area contributed by atoms with Crippen molar-refractivity contribution < 1.29 is 9.59 Å². The zero-order chi connectivity index (χ0) is 16.1. The molecule has 2 N–H and O–H groups in total. The predicted octanol–water partition coefficient (Wildman–Crippen LogP) is 2.24. The Morgan fingerprint density at radius 1 is 1.27 bits per heavy atom. The van der Waals surface area contributed by atoms with Gasteiger partial charge in [-0.1, -0.05) is 42.9 Å². The van der Waals surface area contributed by atoms with E-state index in [-0.39, 0.29) is 17.7 Å². The topological polar surface area (TPSA) is 84.0 Å². The number of hydrogen-bond acceptors (Lipinski definition) is 5. The lowest BCUT2D eigenvalue weighted by atomic mass is 10.0. The maximum Gasteiger partial charge on any atom is 0.251 e. The number of nitrogens with zero attached hydrogens (tertiary/aromatic N) is 2. The number of hydrogen-bond donors (Lipinski definition) is 2. The summed E-state index contributed by atoms with van der Waals surface area (Å²) in [6.07, 6.45) is 0. The monoisotopic (exact) mass is 318 g/mol. The van der Waals surface area contributed by atoms with E-state index in [0.717, 1.165) is 5.56 Å². The summed E-state index contributed by atoms with van der Waals surface area (Å²) in [5.41, 5.74) is 3.06. The van der Waals surface area contributed by atoms with Crippen LogP contribution in [0.2, 0.25) is 0 Å². The zero-order valence-corrected chi connectivity index (χ0v) is 13.5. The fourth-order valence-electron chi connectivity index (χ4n) is 1.96. The van der Waals surface area contributed by atoms with Crippen LogP contribution in [0.25, 0.3) is 0 Å². The molecule has 0 aliphatic carbocycles. The minimum absolute atomic E-state index is 0.0540. The van der Waals surface area contributed by atoms with Gasteiger partial charge in [-0.15, -0.1) is 10.2 Å². The third-order valence-electron chi connectivity index (χ3n) is 3.11. The third kappa shape index (κ3) is 4.11. The molecular formula is C15H18N4O2S. The number of amides is 2. The SMILES string of the molecule is Cc1cccc(C(=O)NC(C(=O)Nc2nncs2)C(C)C)c1. The number of aryl methyl sites for hydroxylation is 1. The smallest absolute Gasteiger partial charge is 0.251 e. The molecule has 0 fully saturated rings. The molecule has 0 aliphatic heterocycles. The second kappa shape index (κ2) is 7.13. The van der Waals surface area contributed by atoms with E-state index < -0.39 is 6.04 Å². The molecule has 1 aromatic carbocycles. The first-order chi connectivity index (χ1) is 10.5. The standard InChI is InChI=1S/C15H18N4O2S/c1-9(2)12(14(21)18-15-19-16-8-22-15)17-13(20)11-6-4-5-10(3)7-11/h4-9,12H,1-3H3,(H,17,20)(H,18,19,21). The van der Waals surface area contributed by atoms with E-state index in [0.29, 0.717) is 10.7 Å². The van der Waals surface area contributed by atoms with Crippen molar-refractivity contribution in [1.29, 1.82) is 0 Å².